The van der Waals surface area contributed by atoms with Crippen LogP contribution in [-0.4, -0.2) is 24.2 Å². The molecule has 4 nitrogen and oxygen atoms in total. The van der Waals surface area contributed by atoms with Gasteiger partial charge in [-0.15, -0.1) is 0 Å². The lowest BCUT2D eigenvalue weighted by molar-refractivity contribution is 0.1000. The highest BCUT2D eigenvalue weighted by atomic mass is 16.3. The number of aryl methyl sites for hydroxylation is 1. The van der Waals surface area contributed by atoms with E-state index in [0.717, 1.165) is 24.2 Å². The van der Waals surface area contributed by atoms with E-state index in [-0.39, 0.29) is 12.5 Å². The molecule has 0 saturated heterocycles. The third kappa shape index (κ3) is 4.17. The van der Waals surface area contributed by atoms with Gasteiger partial charge in [0.05, 0.1) is 0 Å². The fraction of sp³-hybridized carbons (Fsp3) is 0.462. The highest BCUT2D eigenvalue weighted by molar-refractivity contribution is 5.93. The quantitative estimate of drug-likeness (QED) is 0.684. The summed E-state index contributed by atoms with van der Waals surface area (Å²) in [5.74, 6) is -0.151. The highest BCUT2D eigenvalue weighted by Crippen LogP contribution is 2.10. The molecule has 0 aliphatic carbocycles. The van der Waals surface area contributed by atoms with Gasteiger partial charge in [0, 0.05) is 25.3 Å². The molecular formula is C13H20N2O2. The molecule has 0 spiro atoms. The Labute approximate surface area is 102 Å². The summed E-state index contributed by atoms with van der Waals surface area (Å²) in [5, 5.41) is 12.2. The number of aliphatic hydroxyl groups excluding tert-OH is 1. The lowest BCUT2D eigenvalue weighted by atomic mass is 10.0. The molecule has 1 rings (SSSR count). The van der Waals surface area contributed by atoms with Crippen molar-refractivity contribution in [3.63, 3.8) is 0 Å². The third-order valence-electron chi connectivity index (χ3n) is 2.75. The molecule has 0 aliphatic rings. The van der Waals surface area contributed by atoms with Crippen LogP contribution >= 0.6 is 0 Å². The summed E-state index contributed by atoms with van der Waals surface area (Å²) in [7, 11) is 0. The van der Waals surface area contributed by atoms with Crippen LogP contribution in [0.4, 0.5) is 0 Å². The van der Waals surface area contributed by atoms with E-state index >= 15 is 0 Å². The largest absolute Gasteiger partial charge is 0.396 e. The van der Waals surface area contributed by atoms with Crippen molar-refractivity contribution in [3.05, 3.63) is 34.9 Å². The molecule has 0 fully saturated rings. The molecule has 94 valence electrons. The van der Waals surface area contributed by atoms with Crippen molar-refractivity contribution in [1.29, 1.82) is 0 Å². The number of primary amides is 1. The van der Waals surface area contributed by atoms with Crippen LogP contribution in [-0.2, 0) is 6.54 Å². The number of hydrogen-bond donors (Lipinski definition) is 3. The van der Waals surface area contributed by atoms with Gasteiger partial charge in [-0.05, 0) is 36.1 Å². The van der Waals surface area contributed by atoms with Gasteiger partial charge in [-0.1, -0.05) is 13.0 Å². The number of nitrogens with one attached hydrogen (secondary N) is 1. The van der Waals surface area contributed by atoms with Gasteiger partial charge >= 0.3 is 0 Å². The number of nitrogens with two attached hydrogens (primary N) is 1. The second-order valence-corrected chi connectivity index (χ2v) is 4.42. The van der Waals surface area contributed by atoms with Gasteiger partial charge < -0.3 is 16.2 Å². The second-order valence-electron chi connectivity index (χ2n) is 4.42. The number of amides is 1. The van der Waals surface area contributed by atoms with Gasteiger partial charge in [-0.25, -0.2) is 0 Å². The SMILES string of the molecule is Cc1cc(C(N)=O)ccc1CNCC(C)CO. The van der Waals surface area contributed by atoms with Crippen molar-refractivity contribution in [2.45, 2.75) is 20.4 Å². The van der Waals surface area contributed by atoms with E-state index in [0.29, 0.717) is 5.56 Å². The smallest absolute Gasteiger partial charge is 0.248 e. The number of carbonyl (C=O) groups is 1. The minimum Gasteiger partial charge on any atom is -0.396 e. The monoisotopic (exact) mass is 236 g/mol. The first kappa shape index (κ1) is 13.7. The number of rotatable bonds is 6. The maximum atomic E-state index is 11.0. The van der Waals surface area contributed by atoms with Gasteiger partial charge in [0.15, 0.2) is 0 Å². The standard InChI is InChI=1S/C13H20N2O2/c1-9(8-16)6-15-7-12-4-3-11(13(14)17)5-10(12)2/h3-5,9,15-16H,6-8H2,1-2H3,(H2,14,17). The van der Waals surface area contributed by atoms with Crippen LogP contribution in [0.1, 0.15) is 28.4 Å². The summed E-state index contributed by atoms with van der Waals surface area (Å²) in [6.07, 6.45) is 0. The predicted octanol–water partition coefficient (Wildman–Crippen LogP) is 0.812. The summed E-state index contributed by atoms with van der Waals surface area (Å²) in [5.41, 5.74) is 7.93. The second kappa shape index (κ2) is 6.37. The van der Waals surface area contributed by atoms with Crippen molar-refractivity contribution in [3.8, 4) is 0 Å². The Bertz CT molecular complexity index is 391. The van der Waals surface area contributed by atoms with Crippen molar-refractivity contribution < 1.29 is 9.90 Å². The van der Waals surface area contributed by atoms with E-state index in [4.69, 9.17) is 10.8 Å². The van der Waals surface area contributed by atoms with Crippen LogP contribution in [0.5, 0.6) is 0 Å². The summed E-state index contributed by atoms with van der Waals surface area (Å²) >= 11 is 0. The van der Waals surface area contributed by atoms with Gasteiger partial charge in [-0.3, -0.25) is 4.79 Å². The Morgan fingerprint density at radius 2 is 2.24 bits per heavy atom. The molecule has 0 bridgehead atoms. The molecule has 17 heavy (non-hydrogen) atoms. The average molecular weight is 236 g/mol. The number of carbonyl (C=O) groups excluding carboxylic acids is 1. The Balaban J connectivity index is 2.57. The maximum absolute atomic E-state index is 11.0. The van der Waals surface area contributed by atoms with Crippen molar-refractivity contribution in [1.82, 2.24) is 5.32 Å². The molecule has 1 amide bonds. The van der Waals surface area contributed by atoms with E-state index in [2.05, 4.69) is 5.32 Å². The highest BCUT2D eigenvalue weighted by Gasteiger charge is 2.04. The molecule has 0 aromatic heterocycles. The molecule has 4 N–H and O–H groups in total. The predicted molar refractivity (Wildman–Crippen MR) is 67.7 cm³/mol. The van der Waals surface area contributed by atoms with Gasteiger partial charge in [0.25, 0.3) is 0 Å². The molecule has 1 atom stereocenters. The zero-order valence-electron chi connectivity index (χ0n) is 10.4. The van der Waals surface area contributed by atoms with Crippen molar-refractivity contribution >= 4 is 5.91 Å². The normalized spacial score (nSPS) is 12.4. The third-order valence-corrected chi connectivity index (χ3v) is 2.75. The first-order valence-electron chi connectivity index (χ1n) is 5.75. The zero-order valence-corrected chi connectivity index (χ0v) is 10.4. The fourth-order valence-electron chi connectivity index (χ4n) is 1.57. The molecule has 1 unspecified atom stereocenters. The van der Waals surface area contributed by atoms with E-state index < -0.39 is 5.91 Å². The minimum atomic E-state index is -0.401. The van der Waals surface area contributed by atoms with E-state index in [9.17, 15) is 4.79 Å². The molecule has 1 aromatic rings. The molecule has 0 saturated carbocycles. The van der Waals surface area contributed by atoms with Crippen molar-refractivity contribution in [2.75, 3.05) is 13.2 Å². The first-order chi connectivity index (χ1) is 8.04. The van der Waals surface area contributed by atoms with Gasteiger partial charge in [0.2, 0.25) is 5.91 Å². The lowest BCUT2D eigenvalue weighted by Gasteiger charge is -2.11. The van der Waals surface area contributed by atoms with Crippen molar-refractivity contribution in [2.24, 2.45) is 11.7 Å². The molecule has 4 heteroatoms. The molecule has 0 radical (unpaired) electrons. The van der Waals surface area contributed by atoms with Crippen LogP contribution in [0.3, 0.4) is 0 Å². The summed E-state index contributed by atoms with van der Waals surface area (Å²) in [6, 6.07) is 5.45. The molecular weight excluding hydrogens is 216 g/mol. The van der Waals surface area contributed by atoms with Crippen LogP contribution in [0, 0.1) is 12.8 Å². The van der Waals surface area contributed by atoms with Gasteiger partial charge in [-0.2, -0.15) is 0 Å². The van der Waals surface area contributed by atoms with Crippen LogP contribution in [0.2, 0.25) is 0 Å². The topological polar surface area (TPSA) is 75.4 Å². The Morgan fingerprint density at radius 3 is 2.76 bits per heavy atom. The molecule has 0 aliphatic heterocycles. The first-order valence-corrected chi connectivity index (χ1v) is 5.75. The van der Waals surface area contributed by atoms with Crippen LogP contribution < -0.4 is 11.1 Å². The Kier molecular flexibility index (Phi) is 5.12. The maximum Gasteiger partial charge on any atom is 0.248 e. The summed E-state index contributed by atoms with van der Waals surface area (Å²) in [4.78, 5) is 11.0. The average Bonchev–Trinajstić information content (AvgIpc) is 2.30. The Hall–Kier alpha value is -1.39. The van der Waals surface area contributed by atoms with Gasteiger partial charge in [0.1, 0.15) is 0 Å². The van der Waals surface area contributed by atoms with E-state index in [1.54, 1.807) is 12.1 Å². The fourth-order valence-corrected chi connectivity index (χ4v) is 1.57. The zero-order chi connectivity index (χ0) is 12.8. The molecule has 1 aromatic carbocycles. The number of aliphatic hydroxyl groups is 1. The summed E-state index contributed by atoms with van der Waals surface area (Å²) in [6.45, 7) is 5.63. The minimum absolute atomic E-state index is 0.187. The molecule has 0 heterocycles. The number of benzene rings is 1. The Morgan fingerprint density at radius 1 is 1.53 bits per heavy atom. The van der Waals surface area contributed by atoms with E-state index in [1.807, 2.05) is 19.9 Å². The number of hydrogen-bond acceptors (Lipinski definition) is 3. The van der Waals surface area contributed by atoms with Crippen LogP contribution in [0.25, 0.3) is 0 Å². The van der Waals surface area contributed by atoms with Crippen LogP contribution in [0.15, 0.2) is 18.2 Å². The van der Waals surface area contributed by atoms with E-state index in [1.165, 1.54) is 0 Å². The lowest BCUT2D eigenvalue weighted by Crippen LogP contribution is -2.23. The summed E-state index contributed by atoms with van der Waals surface area (Å²) < 4.78 is 0.